The lowest BCUT2D eigenvalue weighted by molar-refractivity contribution is 0.815. The average molecular weight is 282 g/mol. The number of hydrogen-bond donors (Lipinski definition) is 0. The van der Waals surface area contributed by atoms with Gasteiger partial charge in [0.15, 0.2) is 0 Å². The van der Waals surface area contributed by atoms with Crippen molar-refractivity contribution in [3.05, 3.63) is 28.7 Å². The first kappa shape index (κ1) is 13.4. The highest BCUT2D eigenvalue weighted by Gasteiger charge is 1.98. The van der Waals surface area contributed by atoms with Crippen molar-refractivity contribution < 1.29 is 0 Å². The minimum atomic E-state index is 1.07. The molecule has 0 saturated heterocycles. The quantitative estimate of drug-likeness (QED) is 0.610. The van der Waals surface area contributed by atoms with E-state index in [2.05, 4.69) is 41.9 Å². The molecule has 1 aromatic rings. The molecule has 1 aromatic carbocycles. The molecule has 1 rings (SSSR count). The van der Waals surface area contributed by atoms with Gasteiger partial charge in [0, 0.05) is 10.2 Å². The Labute approximate surface area is 107 Å². The van der Waals surface area contributed by atoms with Crippen molar-refractivity contribution in [2.75, 3.05) is 0 Å². The Hall–Kier alpha value is -0.630. The fourth-order valence-electron chi connectivity index (χ4n) is 1.60. The summed E-state index contributed by atoms with van der Waals surface area (Å²) in [6.07, 6.45) is 5.92. The third-order valence-electron chi connectivity index (χ3n) is 2.47. The molecule has 1 nitrogen and oxygen atoms in total. The van der Waals surface area contributed by atoms with Crippen LogP contribution in [0.4, 0.5) is 5.69 Å². The molecule has 2 heteroatoms. The fraction of sp³-hybridized carbons (Fsp3) is 0.500. The normalized spacial score (nSPS) is 11.8. The molecule has 16 heavy (non-hydrogen) atoms. The Morgan fingerprint density at radius 3 is 2.31 bits per heavy atom. The predicted molar refractivity (Wildman–Crippen MR) is 75.7 cm³/mol. The molecule has 0 aliphatic carbocycles. The summed E-state index contributed by atoms with van der Waals surface area (Å²) in [5.41, 5.74) is 2.41. The summed E-state index contributed by atoms with van der Waals surface area (Å²) in [7, 11) is 0. The van der Waals surface area contributed by atoms with Crippen molar-refractivity contribution in [3.8, 4) is 0 Å². The standard InChI is InChI=1S/C14H20BrN/c1-3-5-7-13(6-4-2)16-14-10-8-12(15)9-11-14/h8-11H,3-7H2,1-2H3. The van der Waals surface area contributed by atoms with E-state index in [-0.39, 0.29) is 0 Å². The van der Waals surface area contributed by atoms with Gasteiger partial charge in [0.25, 0.3) is 0 Å². The maximum Gasteiger partial charge on any atom is 0.0629 e. The van der Waals surface area contributed by atoms with Gasteiger partial charge < -0.3 is 0 Å². The lowest BCUT2D eigenvalue weighted by Crippen LogP contribution is -1.96. The van der Waals surface area contributed by atoms with Crippen LogP contribution >= 0.6 is 15.9 Å². The molecule has 0 spiro atoms. The van der Waals surface area contributed by atoms with Crippen molar-refractivity contribution in [1.29, 1.82) is 0 Å². The molecular weight excluding hydrogens is 262 g/mol. The van der Waals surface area contributed by atoms with Gasteiger partial charge in [-0.15, -0.1) is 0 Å². The van der Waals surface area contributed by atoms with Gasteiger partial charge in [0.2, 0.25) is 0 Å². The maximum absolute atomic E-state index is 4.72. The predicted octanol–water partition coefficient (Wildman–Crippen LogP) is 5.51. The minimum Gasteiger partial charge on any atom is -0.258 e. The van der Waals surface area contributed by atoms with E-state index < -0.39 is 0 Å². The minimum absolute atomic E-state index is 1.07. The zero-order valence-electron chi connectivity index (χ0n) is 10.2. The smallest absolute Gasteiger partial charge is 0.0629 e. The highest BCUT2D eigenvalue weighted by Crippen LogP contribution is 2.18. The van der Waals surface area contributed by atoms with E-state index in [1.165, 1.54) is 25.0 Å². The summed E-state index contributed by atoms with van der Waals surface area (Å²) in [5.74, 6) is 0. The van der Waals surface area contributed by atoms with Crippen LogP contribution in [0.15, 0.2) is 33.7 Å². The maximum atomic E-state index is 4.72. The van der Waals surface area contributed by atoms with Crippen LogP contribution in [0.25, 0.3) is 0 Å². The zero-order valence-corrected chi connectivity index (χ0v) is 11.8. The van der Waals surface area contributed by atoms with Crippen LogP contribution < -0.4 is 0 Å². The third kappa shape index (κ3) is 4.93. The highest BCUT2D eigenvalue weighted by atomic mass is 79.9. The van der Waals surface area contributed by atoms with Crippen molar-refractivity contribution in [2.24, 2.45) is 4.99 Å². The van der Waals surface area contributed by atoms with Gasteiger partial charge in [-0.25, -0.2) is 0 Å². The second-order valence-electron chi connectivity index (χ2n) is 4.01. The molecule has 88 valence electrons. The molecule has 0 saturated carbocycles. The van der Waals surface area contributed by atoms with Crippen molar-refractivity contribution in [1.82, 2.24) is 0 Å². The van der Waals surface area contributed by atoms with Crippen molar-refractivity contribution in [2.45, 2.75) is 46.0 Å². The first-order valence-electron chi connectivity index (χ1n) is 6.08. The Morgan fingerprint density at radius 1 is 1.06 bits per heavy atom. The molecule has 0 aromatic heterocycles. The molecule has 0 amide bonds. The van der Waals surface area contributed by atoms with E-state index in [1.54, 1.807) is 0 Å². The van der Waals surface area contributed by atoms with Gasteiger partial charge in [0.05, 0.1) is 5.69 Å². The van der Waals surface area contributed by atoms with E-state index in [1.807, 2.05) is 12.1 Å². The molecule has 0 radical (unpaired) electrons. The molecule has 0 heterocycles. The summed E-state index contributed by atoms with van der Waals surface area (Å²) in [6.45, 7) is 4.44. The average Bonchev–Trinajstić information content (AvgIpc) is 2.29. The molecule has 0 bridgehead atoms. The SMILES string of the molecule is CCCCC(CCC)=Nc1ccc(Br)cc1. The van der Waals surface area contributed by atoms with E-state index >= 15 is 0 Å². The van der Waals surface area contributed by atoms with Crippen molar-refractivity contribution >= 4 is 27.3 Å². The van der Waals surface area contributed by atoms with Crippen LogP contribution in [0.1, 0.15) is 46.0 Å². The number of unbranched alkanes of at least 4 members (excludes halogenated alkanes) is 1. The van der Waals surface area contributed by atoms with Gasteiger partial charge in [-0.2, -0.15) is 0 Å². The van der Waals surface area contributed by atoms with Gasteiger partial charge in [0.1, 0.15) is 0 Å². The number of benzene rings is 1. The van der Waals surface area contributed by atoms with Crippen LogP contribution in [0.3, 0.4) is 0 Å². The fourth-order valence-corrected chi connectivity index (χ4v) is 1.87. The second kappa shape index (κ2) is 7.61. The number of rotatable bonds is 6. The molecule has 0 fully saturated rings. The Bertz CT molecular complexity index is 327. The summed E-state index contributed by atoms with van der Waals surface area (Å²) in [5, 5.41) is 0. The Balaban J connectivity index is 2.71. The lowest BCUT2D eigenvalue weighted by Gasteiger charge is -2.04. The lowest BCUT2D eigenvalue weighted by atomic mass is 10.1. The zero-order chi connectivity index (χ0) is 11.8. The van der Waals surface area contributed by atoms with E-state index in [9.17, 15) is 0 Å². The number of hydrogen-bond acceptors (Lipinski definition) is 1. The Kier molecular flexibility index (Phi) is 6.39. The number of aliphatic imine (C=N–C) groups is 1. The second-order valence-corrected chi connectivity index (χ2v) is 4.92. The van der Waals surface area contributed by atoms with Gasteiger partial charge in [-0.1, -0.05) is 42.6 Å². The molecule has 0 unspecified atom stereocenters. The van der Waals surface area contributed by atoms with Crippen LogP contribution in [-0.4, -0.2) is 5.71 Å². The van der Waals surface area contributed by atoms with Gasteiger partial charge in [-0.05, 0) is 43.5 Å². The molecule has 0 aliphatic heterocycles. The molecular formula is C14H20BrN. The molecule has 0 N–H and O–H groups in total. The van der Waals surface area contributed by atoms with Crippen molar-refractivity contribution in [3.63, 3.8) is 0 Å². The molecule has 0 aliphatic rings. The van der Waals surface area contributed by atoms with Crippen LogP contribution in [0.5, 0.6) is 0 Å². The van der Waals surface area contributed by atoms with Gasteiger partial charge in [-0.3, -0.25) is 4.99 Å². The first-order chi connectivity index (χ1) is 7.76. The van der Waals surface area contributed by atoms with E-state index in [0.29, 0.717) is 0 Å². The summed E-state index contributed by atoms with van der Waals surface area (Å²) in [4.78, 5) is 4.72. The summed E-state index contributed by atoms with van der Waals surface area (Å²) in [6, 6.07) is 8.21. The first-order valence-corrected chi connectivity index (χ1v) is 6.87. The highest BCUT2D eigenvalue weighted by molar-refractivity contribution is 9.10. The summed E-state index contributed by atoms with van der Waals surface area (Å²) < 4.78 is 1.11. The van der Waals surface area contributed by atoms with Crippen LogP contribution in [0, 0.1) is 0 Å². The monoisotopic (exact) mass is 281 g/mol. The topological polar surface area (TPSA) is 12.4 Å². The number of halogens is 1. The number of nitrogens with zero attached hydrogens (tertiary/aromatic N) is 1. The Morgan fingerprint density at radius 2 is 1.75 bits per heavy atom. The van der Waals surface area contributed by atoms with E-state index in [0.717, 1.165) is 23.0 Å². The van der Waals surface area contributed by atoms with Crippen LogP contribution in [-0.2, 0) is 0 Å². The van der Waals surface area contributed by atoms with Crippen LogP contribution in [0.2, 0.25) is 0 Å². The van der Waals surface area contributed by atoms with Gasteiger partial charge >= 0.3 is 0 Å². The largest absolute Gasteiger partial charge is 0.258 e. The summed E-state index contributed by atoms with van der Waals surface area (Å²) >= 11 is 3.44. The van der Waals surface area contributed by atoms with E-state index in [4.69, 9.17) is 4.99 Å². The third-order valence-corrected chi connectivity index (χ3v) is 3.00. The molecule has 0 atom stereocenters.